The van der Waals surface area contributed by atoms with Crippen molar-refractivity contribution < 1.29 is 13.9 Å². The third-order valence-electron chi connectivity index (χ3n) is 6.81. The van der Waals surface area contributed by atoms with Gasteiger partial charge in [0.05, 0.1) is 12.8 Å². The van der Waals surface area contributed by atoms with E-state index < -0.39 is 0 Å². The summed E-state index contributed by atoms with van der Waals surface area (Å²) in [6.45, 7) is 0.497. The van der Waals surface area contributed by atoms with E-state index in [2.05, 4.69) is 20.3 Å². The van der Waals surface area contributed by atoms with Gasteiger partial charge in [0.25, 0.3) is 5.91 Å². The number of rotatable bonds is 7. The predicted molar refractivity (Wildman–Crippen MR) is 148 cm³/mol. The lowest BCUT2D eigenvalue weighted by Crippen LogP contribution is -2.25. The van der Waals surface area contributed by atoms with E-state index in [0.717, 1.165) is 49.8 Å². The second-order valence-electron chi connectivity index (χ2n) is 9.13. The Morgan fingerprint density at radius 3 is 2.50 bits per heavy atom. The number of pyridine rings is 1. The van der Waals surface area contributed by atoms with E-state index in [1.54, 1.807) is 37.6 Å². The van der Waals surface area contributed by atoms with Crippen LogP contribution in [0.5, 0.6) is 5.75 Å². The fraction of sp³-hybridized carbons (Fsp3) is 0.0968. The van der Waals surface area contributed by atoms with Crippen LogP contribution in [-0.4, -0.2) is 34.5 Å². The molecule has 0 aliphatic carbocycles. The van der Waals surface area contributed by atoms with Crippen LogP contribution in [0, 0.1) is 5.82 Å². The van der Waals surface area contributed by atoms with Crippen molar-refractivity contribution in [2.45, 2.75) is 6.42 Å². The largest absolute Gasteiger partial charge is 0.497 e. The van der Waals surface area contributed by atoms with Gasteiger partial charge < -0.3 is 20.0 Å². The average molecular weight is 505 g/mol. The van der Waals surface area contributed by atoms with Gasteiger partial charge in [-0.05, 0) is 72.1 Å². The molecule has 3 aromatic heterocycles. The van der Waals surface area contributed by atoms with Gasteiger partial charge in [0.2, 0.25) is 0 Å². The number of ether oxygens (including phenoxy) is 1. The molecule has 38 heavy (non-hydrogen) atoms. The molecule has 0 aliphatic heterocycles. The number of nitrogens with one attached hydrogen (secondary N) is 3. The Morgan fingerprint density at radius 1 is 0.895 bits per heavy atom. The van der Waals surface area contributed by atoms with E-state index in [0.29, 0.717) is 24.2 Å². The Hall–Kier alpha value is -4.91. The van der Waals surface area contributed by atoms with Crippen LogP contribution in [0.2, 0.25) is 0 Å². The molecule has 0 saturated heterocycles. The summed E-state index contributed by atoms with van der Waals surface area (Å²) in [6.07, 6.45) is 6.23. The van der Waals surface area contributed by atoms with Crippen LogP contribution in [0.1, 0.15) is 15.9 Å². The number of aromatic amines is 2. The lowest BCUT2D eigenvalue weighted by atomic mass is 10.0. The topological polar surface area (TPSA) is 82.8 Å². The number of halogens is 1. The lowest BCUT2D eigenvalue weighted by Gasteiger charge is -2.08. The van der Waals surface area contributed by atoms with E-state index in [1.807, 2.05) is 48.8 Å². The lowest BCUT2D eigenvalue weighted by molar-refractivity contribution is 0.0954. The van der Waals surface area contributed by atoms with Crippen molar-refractivity contribution in [1.29, 1.82) is 0 Å². The minimum Gasteiger partial charge on any atom is -0.497 e. The van der Waals surface area contributed by atoms with Crippen molar-refractivity contribution in [1.82, 2.24) is 20.3 Å². The van der Waals surface area contributed by atoms with Crippen molar-refractivity contribution in [2.24, 2.45) is 0 Å². The monoisotopic (exact) mass is 504 g/mol. The molecule has 1 amide bonds. The molecule has 0 aliphatic rings. The number of fused-ring (bicyclic) bond motifs is 2. The number of H-pyrrole nitrogens is 2. The second-order valence-corrected chi connectivity index (χ2v) is 9.13. The first-order chi connectivity index (χ1) is 18.6. The molecule has 7 heteroatoms. The molecule has 0 atom stereocenters. The number of amides is 1. The molecule has 0 fully saturated rings. The first-order valence-electron chi connectivity index (χ1n) is 12.3. The Balaban J connectivity index is 1.19. The van der Waals surface area contributed by atoms with Gasteiger partial charge in [0.1, 0.15) is 11.6 Å². The quantitative estimate of drug-likeness (QED) is 0.232. The molecular weight excluding hydrogens is 479 g/mol. The third kappa shape index (κ3) is 4.50. The Kier molecular flexibility index (Phi) is 6.09. The molecular formula is C31H25FN4O2. The SMILES string of the molecule is COc1ccc2[nH]cc(CCNC(=O)c3ccnc(-c4ccc5[nH]cc(-c6ccc(F)cc6)c5c4)c3)c2c1. The summed E-state index contributed by atoms with van der Waals surface area (Å²) in [5.41, 5.74) is 7.16. The number of benzene rings is 3. The van der Waals surface area contributed by atoms with Gasteiger partial charge in [-0.3, -0.25) is 9.78 Å². The van der Waals surface area contributed by atoms with Crippen LogP contribution in [0.15, 0.2) is 91.4 Å². The number of hydrogen-bond acceptors (Lipinski definition) is 3. The highest BCUT2D eigenvalue weighted by Gasteiger charge is 2.12. The van der Waals surface area contributed by atoms with Crippen LogP contribution >= 0.6 is 0 Å². The van der Waals surface area contributed by atoms with Gasteiger partial charge in [-0.15, -0.1) is 0 Å². The van der Waals surface area contributed by atoms with E-state index in [-0.39, 0.29) is 11.7 Å². The minimum absolute atomic E-state index is 0.152. The predicted octanol–water partition coefficient (Wildman–Crippen LogP) is 6.50. The van der Waals surface area contributed by atoms with Crippen LogP contribution in [0.4, 0.5) is 4.39 Å². The fourth-order valence-corrected chi connectivity index (χ4v) is 4.78. The second kappa shape index (κ2) is 9.86. The van der Waals surface area contributed by atoms with Crippen molar-refractivity contribution in [2.75, 3.05) is 13.7 Å². The van der Waals surface area contributed by atoms with Gasteiger partial charge in [0.15, 0.2) is 0 Å². The summed E-state index contributed by atoms with van der Waals surface area (Å²) in [4.78, 5) is 24.0. The molecule has 6 rings (SSSR count). The standard InChI is InChI=1S/C31H25FN4O2/c1-38-24-7-9-28-25(16-24)22(17-35-28)11-13-34-31(37)21-10-12-33-30(15-21)20-4-8-29-26(14-20)27(18-36-29)19-2-5-23(32)6-3-19/h2-10,12,14-18,35-36H,11,13H2,1H3,(H,34,37). The van der Waals surface area contributed by atoms with Crippen molar-refractivity contribution in [3.05, 3.63) is 108 Å². The van der Waals surface area contributed by atoms with Crippen LogP contribution in [0.3, 0.4) is 0 Å². The zero-order chi connectivity index (χ0) is 26.1. The highest BCUT2D eigenvalue weighted by Crippen LogP contribution is 2.32. The minimum atomic E-state index is -0.268. The number of carbonyl (C=O) groups excluding carboxylic acids is 1. The van der Waals surface area contributed by atoms with Crippen LogP contribution < -0.4 is 10.1 Å². The van der Waals surface area contributed by atoms with Crippen molar-refractivity contribution >= 4 is 27.7 Å². The van der Waals surface area contributed by atoms with E-state index in [1.165, 1.54) is 12.1 Å². The maximum Gasteiger partial charge on any atom is 0.251 e. The number of nitrogens with zero attached hydrogens (tertiary/aromatic N) is 1. The van der Waals surface area contributed by atoms with E-state index in [4.69, 9.17) is 4.74 Å². The van der Waals surface area contributed by atoms with Crippen molar-refractivity contribution in [3.63, 3.8) is 0 Å². The summed E-state index contributed by atoms with van der Waals surface area (Å²) in [7, 11) is 1.65. The smallest absolute Gasteiger partial charge is 0.251 e. The summed E-state index contributed by atoms with van der Waals surface area (Å²) in [6, 6.07) is 21.9. The molecule has 0 spiro atoms. The third-order valence-corrected chi connectivity index (χ3v) is 6.81. The average Bonchev–Trinajstić information content (AvgIpc) is 3.57. The summed E-state index contributed by atoms with van der Waals surface area (Å²) < 4.78 is 18.8. The summed E-state index contributed by atoms with van der Waals surface area (Å²) in [5.74, 6) is 0.380. The molecule has 3 N–H and O–H groups in total. The van der Waals surface area contributed by atoms with Gasteiger partial charge in [0, 0.05) is 63.6 Å². The normalized spacial score (nSPS) is 11.2. The maximum atomic E-state index is 13.4. The number of carbonyl (C=O) groups is 1. The van der Waals surface area contributed by atoms with Gasteiger partial charge in [-0.25, -0.2) is 4.39 Å². The molecule has 3 aromatic carbocycles. The van der Waals surface area contributed by atoms with Gasteiger partial charge in [-0.2, -0.15) is 0 Å². The van der Waals surface area contributed by atoms with Gasteiger partial charge >= 0.3 is 0 Å². The van der Waals surface area contributed by atoms with Crippen LogP contribution in [0.25, 0.3) is 44.2 Å². The Labute approximate surface area is 218 Å². The molecule has 0 radical (unpaired) electrons. The molecule has 6 aromatic rings. The van der Waals surface area contributed by atoms with Crippen molar-refractivity contribution in [3.8, 4) is 28.1 Å². The number of hydrogen-bond donors (Lipinski definition) is 3. The Morgan fingerprint density at radius 2 is 1.66 bits per heavy atom. The van der Waals surface area contributed by atoms with Gasteiger partial charge in [-0.1, -0.05) is 18.2 Å². The van der Waals surface area contributed by atoms with Crippen LogP contribution in [-0.2, 0) is 6.42 Å². The zero-order valence-corrected chi connectivity index (χ0v) is 20.7. The molecule has 188 valence electrons. The van der Waals surface area contributed by atoms with E-state index >= 15 is 0 Å². The summed E-state index contributed by atoms with van der Waals surface area (Å²) >= 11 is 0. The highest BCUT2D eigenvalue weighted by molar-refractivity contribution is 5.99. The zero-order valence-electron chi connectivity index (χ0n) is 20.7. The fourth-order valence-electron chi connectivity index (χ4n) is 4.78. The first kappa shape index (κ1) is 23.5. The Bertz CT molecular complexity index is 1770. The maximum absolute atomic E-state index is 13.4. The number of aromatic nitrogens is 3. The highest BCUT2D eigenvalue weighted by atomic mass is 19.1. The summed E-state index contributed by atoms with van der Waals surface area (Å²) in [5, 5.41) is 5.11. The van der Waals surface area contributed by atoms with E-state index in [9.17, 15) is 9.18 Å². The first-order valence-corrected chi connectivity index (χ1v) is 12.3. The molecule has 0 saturated carbocycles. The number of methoxy groups -OCH3 is 1. The molecule has 0 unspecified atom stereocenters. The molecule has 0 bridgehead atoms. The molecule has 3 heterocycles. The molecule has 6 nitrogen and oxygen atoms in total.